The van der Waals surface area contributed by atoms with Gasteiger partial charge in [-0.2, -0.15) is 0 Å². The largest absolute Gasteiger partial charge is 0.465 e. The number of ether oxygens (including phenoxy) is 2. The van der Waals surface area contributed by atoms with Crippen LogP contribution in [0.1, 0.15) is 34.0 Å². The summed E-state index contributed by atoms with van der Waals surface area (Å²) >= 11 is 3.60. The van der Waals surface area contributed by atoms with Crippen LogP contribution in [0.25, 0.3) is 11.0 Å². The third kappa shape index (κ3) is 2.13. The van der Waals surface area contributed by atoms with Crippen LogP contribution in [0.2, 0.25) is 0 Å². The SMILES string of the molecule is COC(=O)c1ccc2nc3n(c2c1)[C@@H](C)COCC3Br. The molecule has 1 unspecified atom stereocenters. The average molecular weight is 339 g/mol. The molecule has 20 heavy (non-hydrogen) atoms. The first kappa shape index (κ1) is 13.6. The first-order valence-corrected chi connectivity index (χ1v) is 7.35. The van der Waals surface area contributed by atoms with Gasteiger partial charge in [0.15, 0.2) is 0 Å². The fraction of sp³-hybridized carbons (Fsp3) is 0.429. The number of carbonyl (C=O) groups is 1. The van der Waals surface area contributed by atoms with Gasteiger partial charge < -0.3 is 14.0 Å². The number of hydrogen-bond donors (Lipinski definition) is 0. The maximum atomic E-state index is 11.7. The van der Waals surface area contributed by atoms with Crippen LogP contribution in [-0.2, 0) is 9.47 Å². The molecule has 0 N–H and O–H groups in total. The molecule has 0 aliphatic carbocycles. The number of rotatable bonds is 1. The van der Waals surface area contributed by atoms with E-state index in [9.17, 15) is 4.79 Å². The lowest BCUT2D eigenvalue weighted by molar-refractivity contribution is 0.0601. The Morgan fingerprint density at radius 1 is 1.50 bits per heavy atom. The second-order valence-electron chi connectivity index (χ2n) is 4.89. The standard InChI is InChI=1S/C14H15BrN2O3/c1-8-6-20-7-10(15)13-16-11-4-3-9(14(18)19-2)5-12(11)17(8)13/h3-5,8,10H,6-7H2,1-2H3/t8-,10?/m0/s1. The first-order chi connectivity index (χ1) is 9.61. The molecule has 2 aromatic rings. The Labute approximate surface area is 125 Å². The fourth-order valence-electron chi connectivity index (χ4n) is 2.53. The summed E-state index contributed by atoms with van der Waals surface area (Å²) in [6, 6.07) is 5.60. The topological polar surface area (TPSA) is 53.3 Å². The van der Waals surface area contributed by atoms with Crippen molar-refractivity contribution in [3.8, 4) is 0 Å². The van der Waals surface area contributed by atoms with Crippen molar-refractivity contribution in [2.45, 2.75) is 17.8 Å². The summed E-state index contributed by atoms with van der Waals surface area (Å²) in [5, 5.41) is 0. The van der Waals surface area contributed by atoms with Gasteiger partial charge in [-0.1, -0.05) is 15.9 Å². The molecule has 0 amide bonds. The van der Waals surface area contributed by atoms with Gasteiger partial charge in [-0.15, -0.1) is 0 Å². The zero-order chi connectivity index (χ0) is 14.3. The maximum absolute atomic E-state index is 11.7. The number of imidazole rings is 1. The van der Waals surface area contributed by atoms with Gasteiger partial charge >= 0.3 is 5.97 Å². The predicted molar refractivity (Wildman–Crippen MR) is 78.3 cm³/mol. The van der Waals surface area contributed by atoms with E-state index < -0.39 is 0 Å². The molecule has 0 bridgehead atoms. The molecule has 0 radical (unpaired) electrons. The summed E-state index contributed by atoms with van der Waals surface area (Å²) in [6.07, 6.45) is 0. The molecule has 1 aliphatic heterocycles. The van der Waals surface area contributed by atoms with E-state index in [1.807, 2.05) is 12.1 Å². The zero-order valence-corrected chi connectivity index (χ0v) is 12.9. The molecule has 0 spiro atoms. The lowest BCUT2D eigenvalue weighted by atomic mass is 10.2. The van der Waals surface area contributed by atoms with Crippen molar-refractivity contribution in [1.29, 1.82) is 0 Å². The van der Waals surface area contributed by atoms with Crippen molar-refractivity contribution < 1.29 is 14.3 Å². The van der Waals surface area contributed by atoms with Crippen LogP contribution in [0, 0.1) is 0 Å². The van der Waals surface area contributed by atoms with Crippen LogP contribution in [0.15, 0.2) is 18.2 Å². The fourth-order valence-corrected chi connectivity index (χ4v) is 3.04. The molecule has 0 saturated carbocycles. The predicted octanol–water partition coefficient (Wildman–Crippen LogP) is 2.85. The van der Waals surface area contributed by atoms with E-state index in [0.717, 1.165) is 16.9 Å². The number of alkyl halides is 1. The third-order valence-electron chi connectivity index (χ3n) is 3.48. The van der Waals surface area contributed by atoms with Crippen LogP contribution in [0.3, 0.4) is 0 Å². The number of benzene rings is 1. The van der Waals surface area contributed by atoms with Gasteiger partial charge in [0.2, 0.25) is 0 Å². The van der Waals surface area contributed by atoms with Gasteiger partial charge in [0.1, 0.15) is 5.82 Å². The van der Waals surface area contributed by atoms with Gasteiger partial charge in [0, 0.05) is 0 Å². The average Bonchev–Trinajstić information content (AvgIpc) is 2.78. The van der Waals surface area contributed by atoms with E-state index in [4.69, 9.17) is 9.47 Å². The van der Waals surface area contributed by atoms with Crippen molar-refractivity contribution in [1.82, 2.24) is 9.55 Å². The quantitative estimate of drug-likeness (QED) is 0.592. The number of carbonyl (C=O) groups excluding carboxylic acids is 1. The van der Waals surface area contributed by atoms with E-state index in [2.05, 4.69) is 32.4 Å². The van der Waals surface area contributed by atoms with Crippen molar-refractivity contribution in [2.24, 2.45) is 0 Å². The monoisotopic (exact) mass is 338 g/mol. The van der Waals surface area contributed by atoms with Gasteiger partial charge in [0.05, 0.1) is 47.8 Å². The van der Waals surface area contributed by atoms with Crippen molar-refractivity contribution >= 4 is 32.9 Å². The van der Waals surface area contributed by atoms with Gasteiger partial charge in [-0.3, -0.25) is 0 Å². The van der Waals surface area contributed by atoms with Crippen molar-refractivity contribution in [3.05, 3.63) is 29.6 Å². The minimum absolute atomic E-state index is 0.0569. The van der Waals surface area contributed by atoms with Crippen molar-refractivity contribution in [3.63, 3.8) is 0 Å². The second-order valence-corrected chi connectivity index (χ2v) is 5.99. The molecule has 2 atom stereocenters. The highest BCUT2D eigenvalue weighted by atomic mass is 79.9. The molecule has 106 valence electrons. The molecule has 1 aliphatic rings. The molecule has 3 rings (SSSR count). The maximum Gasteiger partial charge on any atom is 0.337 e. The van der Waals surface area contributed by atoms with Crippen LogP contribution in [0.4, 0.5) is 0 Å². The van der Waals surface area contributed by atoms with Crippen LogP contribution < -0.4 is 0 Å². The second kappa shape index (κ2) is 5.18. The Hall–Kier alpha value is -1.40. The van der Waals surface area contributed by atoms with E-state index in [-0.39, 0.29) is 16.8 Å². The number of nitrogens with zero attached hydrogens (tertiary/aromatic N) is 2. The van der Waals surface area contributed by atoms with Crippen molar-refractivity contribution in [2.75, 3.05) is 20.3 Å². The summed E-state index contributed by atoms with van der Waals surface area (Å²) in [4.78, 5) is 16.4. The lowest BCUT2D eigenvalue weighted by Gasteiger charge is -2.14. The minimum atomic E-state index is -0.338. The number of hydrogen-bond acceptors (Lipinski definition) is 4. The van der Waals surface area contributed by atoms with E-state index in [1.165, 1.54) is 7.11 Å². The summed E-state index contributed by atoms with van der Waals surface area (Å²) in [7, 11) is 1.38. The van der Waals surface area contributed by atoms with Crippen LogP contribution in [-0.4, -0.2) is 35.8 Å². The summed E-state index contributed by atoms with van der Waals surface area (Å²) < 4.78 is 12.5. The third-order valence-corrected chi connectivity index (χ3v) is 4.16. The van der Waals surface area contributed by atoms with Gasteiger partial charge in [0.25, 0.3) is 0 Å². The van der Waals surface area contributed by atoms with Crippen LogP contribution in [0.5, 0.6) is 0 Å². The highest BCUT2D eigenvalue weighted by Gasteiger charge is 2.25. The summed E-state index contributed by atoms with van der Waals surface area (Å²) in [6.45, 7) is 3.31. The van der Waals surface area contributed by atoms with Crippen LogP contribution >= 0.6 is 15.9 Å². The molecule has 1 aromatic carbocycles. The Morgan fingerprint density at radius 2 is 2.30 bits per heavy atom. The Balaban J connectivity index is 2.21. The molecule has 6 heteroatoms. The smallest absolute Gasteiger partial charge is 0.337 e. The summed E-state index contributed by atoms with van der Waals surface area (Å²) in [5.74, 6) is 0.599. The van der Waals surface area contributed by atoms with Gasteiger partial charge in [-0.05, 0) is 25.1 Å². The molecule has 2 heterocycles. The number of methoxy groups -OCH3 is 1. The molecular weight excluding hydrogens is 324 g/mol. The molecule has 1 aromatic heterocycles. The first-order valence-electron chi connectivity index (χ1n) is 6.44. The van der Waals surface area contributed by atoms with Gasteiger partial charge in [-0.25, -0.2) is 9.78 Å². The molecular formula is C14H15BrN2O3. The highest BCUT2D eigenvalue weighted by molar-refractivity contribution is 9.09. The molecule has 5 nitrogen and oxygen atoms in total. The highest BCUT2D eigenvalue weighted by Crippen LogP contribution is 2.32. The Bertz CT molecular complexity index is 668. The van der Waals surface area contributed by atoms with E-state index >= 15 is 0 Å². The number of esters is 1. The number of fused-ring (bicyclic) bond motifs is 3. The Morgan fingerprint density at radius 3 is 3.05 bits per heavy atom. The Kier molecular flexibility index (Phi) is 3.52. The lowest BCUT2D eigenvalue weighted by Crippen LogP contribution is -2.11. The van der Waals surface area contributed by atoms with E-state index in [0.29, 0.717) is 18.8 Å². The molecule has 0 saturated heterocycles. The van der Waals surface area contributed by atoms with E-state index in [1.54, 1.807) is 6.07 Å². The minimum Gasteiger partial charge on any atom is -0.465 e. The zero-order valence-electron chi connectivity index (χ0n) is 11.3. The summed E-state index contributed by atoms with van der Waals surface area (Å²) in [5.41, 5.74) is 2.35. The molecule has 0 fully saturated rings. The normalized spacial score (nSPS) is 22.4. The number of halogens is 1. The number of aromatic nitrogens is 2.